The van der Waals surface area contributed by atoms with Crippen LogP contribution in [-0.4, -0.2) is 29.4 Å². The van der Waals surface area contributed by atoms with Crippen molar-refractivity contribution in [3.63, 3.8) is 0 Å². The van der Waals surface area contributed by atoms with Gasteiger partial charge in [0, 0.05) is 22.8 Å². The Balaban J connectivity index is 1.80. The first kappa shape index (κ1) is 18.8. The Morgan fingerprint density at radius 2 is 2.04 bits per heavy atom. The lowest BCUT2D eigenvalue weighted by molar-refractivity contribution is 0.599. The Morgan fingerprint density at radius 1 is 1.21 bits per heavy atom. The van der Waals surface area contributed by atoms with Gasteiger partial charge in [0.15, 0.2) is 5.65 Å². The van der Waals surface area contributed by atoms with Crippen molar-refractivity contribution < 1.29 is 12.8 Å². The van der Waals surface area contributed by atoms with Gasteiger partial charge in [0.05, 0.1) is 11.1 Å². The number of fused-ring (bicyclic) bond motifs is 3. The molecule has 9 heteroatoms. The molecule has 0 aliphatic rings. The highest BCUT2D eigenvalue weighted by Crippen LogP contribution is 2.33. The van der Waals surface area contributed by atoms with Crippen LogP contribution in [-0.2, 0) is 10.0 Å². The standard InChI is InChI=1S/C19H16BrFN4O2S/c1-2-7-28(26,27)25-13-4-6-16(21)15(9-13)11-3-5-14-12(8-11)10-22-19-17(14)18(20)23-24-19/h3-6,8-10,25H,2,7H2,1H3,(H,22,23,24). The zero-order valence-corrected chi connectivity index (χ0v) is 17.2. The lowest BCUT2D eigenvalue weighted by Gasteiger charge is -2.11. The van der Waals surface area contributed by atoms with Crippen molar-refractivity contribution in [1.29, 1.82) is 0 Å². The van der Waals surface area contributed by atoms with Gasteiger partial charge in [-0.15, -0.1) is 0 Å². The number of H-pyrrole nitrogens is 1. The molecule has 0 aliphatic carbocycles. The van der Waals surface area contributed by atoms with Crippen LogP contribution in [0.25, 0.3) is 32.9 Å². The molecule has 0 bridgehead atoms. The molecule has 0 fully saturated rings. The second-order valence-electron chi connectivity index (χ2n) is 6.41. The molecule has 28 heavy (non-hydrogen) atoms. The SMILES string of the molecule is CCCS(=O)(=O)Nc1ccc(F)c(-c2ccc3c(cnc4[nH]nc(Br)c43)c2)c1. The molecule has 0 radical (unpaired) electrons. The van der Waals surface area contributed by atoms with E-state index in [1.54, 1.807) is 19.2 Å². The molecule has 2 N–H and O–H groups in total. The van der Waals surface area contributed by atoms with Crippen molar-refractivity contribution in [3.8, 4) is 11.1 Å². The quantitative estimate of drug-likeness (QED) is 0.444. The fourth-order valence-corrected chi connectivity index (χ4v) is 4.77. The van der Waals surface area contributed by atoms with Crippen LogP contribution in [0.3, 0.4) is 0 Å². The summed E-state index contributed by atoms with van der Waals surface area (Å²) in [5, 5.41) is 9.55. The van der Waals surface area contributed by atoms with Gasteiger partial charge < -0.3 is 0 Å². The van der Waals surface area contributed by atoms with E-state index in [-0.39, 0.29) is 5.75 Å². The van der Waals surface area contributed by atoms with E-state index in [2.05, 4.69) is 35.8 Å². The van der Waals surface area contributed by atoms with E-state index in [1.807, 2.05) is 12.1 Å². The van der Waals surface area contributed by atoms with E-state index in [0.29, 0.717) is 33.5 Å². The highest BCUT2D eigenvalue weighted by molar-refractivity contribution is 9.10. The van der Waals surface area contributed by atoms with E-state index >= 15 is 0 Å². The minimum atomic E-state index is -3.45. The summed E-state index contributed by atoms with van der Waals surface area (Å²) in [6, 6.07) is 9.68. The van der Waals surface area contributed by atoms with Crippen LogP contribution in [0.5, 0.6) is 0 Å². The highest BCUT2D eigenvalue weighted by atomic mass is 79.9. The molecule has 0 amide bonds. The number of benzene rings is 2. The van der Waals surface area contributed by atoms with Gasteiger partial charge in [-0.25, -0.2) is 17.8 Å². The Kier molecular flexibility index (Phi) is 4.80. The van der Waals surface area contributed by atoms with E-state index in [4.69, 9.17) is 0 Å². The largest absolute Gasteiger partial charge is 0.284 e. The second kappa shape index (κ2) is 7.14. The zero-order valence-electron chi connectivity index (χ0n) is 14.8. The summed E-state index contributed by atoms with van der Waals surface area (Å²) in [6.45, 7) is 1.79. The van der Waals surface area contributed by atoms with Crippen molar-refractivity contribution in [1.82, 2.24) is 15.2 Å². The Bertz CT molecular complexity index is 1300. The summed E-state index contributed by atoms with van der Waals surface area (Å²) in [6.07, 6.45) is 2.19. The van der Waals surface area contributed by atoms with Crippen LogP contribution >= 0.6 is 15.9 Å². The van der Waals surface area contributed by atoms with E-state index in [9.17, 15) is 12.8 Å². The third-order valence-corrected chi connectivity index (χ3v) is 6.45. The molecule has 4 aromatic rings. The van der Waals surface area contributed by atoms with Crippen LogP contribution in [0.15, 0.2) is 47.2 Å². The van der Waals surface area contributed by atoms with Crippen molar-refractivity contribution in [2.75, 3.05) is 10.5 Å². The normalized spacial score (nSPS) is 12.0. The average molecular weight is 463 g/mol. The lowest BCUT2D eigenvalue weighted by atomic mass is 10.0. The van der Waals surface area contributed by atoms with Crippen molar-refractivity contribution in [2.24, 2.45) is 0 Å². The maximum Gasteiger partial charge on any atom is 0.232 e. The number of hydrogen-bond donors (Lipinski definition) is 2. The topological polar surface area (TPSA) is 87.7 Å². The Hall–Kier alpha value is -2.52. The Labute approximate surface area is 169 Å². The van der Waals surface area contributed by atoms with Gasteiger partial charge in [0.1, 0.15) is 10.4 Å². The molecular formula is C19H16BrFN4O2S. The maximum atomic E-state index is 14.5. The highest BCUT2D eigenvalue weighted by Gasteiger charge is 2.14. The summed E-state index contributed by atoms with van der Waals surface area (Å²) in [5.41, 5.74) is 1.92. The van der Waals surface area contributed by atoms with Gasteiger partial charge in [-0.1, -0.05) is 19.1 Å². The van der Waals surface area contributed by atoms with E-state index in [0.717, 1.165) is 16.2 Å². The van der Waals surface area contributed by atoms with E-state index in [1.165, 1.54) is 18.2 Å². The molecule has 4 rings (SSSR count). The van der Waals surface area contributed by atoms with Gasteiger partial charge in [-0.05, 0) is 57.6 Å². The molecular weight excluding hydrogens is 447 g/mol. The number of aromatic nitrogens is 3. The number of hydrogen-bond acceptors (Lipinski definition) is 4. The Morgan fingerprint density at radius 3 is 2.82 bits per heavy atom. The van der Waals surface area contributed by atoms with Gasteiger partial charge in [-0.2, -0.15) is 5.10 Å². The van der Waals surface area contributed by atoms with Gasteiger partial charge >= 0.3 is 0 Å². The summed E-state index contributed by atoms with van der Waals surface area (Å²) in [5.74, 6) is -0.423. The number of anilines is 1. The molecule has 0 saturated heterocycles. The first-order valence-corrected chi connectivity index (χ1v) is 11.1. The van der Waals surface area contributed by atoms with Crippen molar-refractivity contribution in [2.45, 2.75) is 13.3 Å². The summed E-state index contributed by atoms with van der Waals surface area (Å²) >= 11 is 3.41. The number of sulfonamides is 1. The maximum absolute atomic E-state index is 14.5. The third-order valence-electron chi connectivity index (χ3n) is 4.38. The number of rotatable bonds is 5. The molecule has 2 aromatic heterocycles. The summed E-state index contributed by atoms with van der Waals surface area (Å²) in [4.78, 5) is 4.34. The first-order chi connectivity index (χ1) is 13.4. The molecule has 2 heterocycles. The molecule has 0 saturated carbocycles. The number of nitrogens with zero attached hydrogens (tertiary/aromatic N) is 2. The molecule has 0 unspecified atom stereocenters. The molecule has 2 aromatic carbocycles. The average Bonchev–Trinajstić information content (AvgIpc) is 3.04. The first-order valence-electron chi connectivity index (χ1n) is 8.60. The number of pyridine rings is 1. The van der Waals surface area contributed by atoms with Crippen LogP contribution in [0.1, 0.15) is 13.3 Å². The second-order valence-corrected chi connectivity index (χ2v) is 9.01. The van der Waals surface area contributed by atoms with Crippen molar-refractivity contribution >= 4 is 53.4 Å². The van der Waals surface area contributed by atoms with Crippen LogP contribution in [0, 0.1) is 5.82 Å². The smallest absolute Gasteiger partial charge is 0.232 e. The monoisotopic (exact) mass is 462 g/mol. The van der Waals surface area contributed by atoms with Crippen molar-refractivity contribution in [3.05, 3.63) is 53.0 Å². The number of aromatic amines is 1. The van der Waals surface area contributed by atoms with Crippen LogP contribution < -0.4 is 4.72 Å². The molecule has 0 atom stereocenters. The zero-order chi connectivity index (χ0) is 19.9. The van der Waals surface area contributed by atoms with E-state index < -0.39 is 15.8 Å². The fraction of sp³-hybridized carbons (Fsp3) is 0.158. The summed E-state index contributed by atoms with van der Waals surface area (Å²) in [7, 11) is -3.45. The molecule has 144 valence electrons. The third kappa shape index (κ3) is 3.47. The fourth-order valence-electron chi connectivity index (χ4n) is 3.15. The predicted octanol–water partition coefficient (Wildman–Crippen LogP) is 4.83. The van der Waals surface area contributed by atoms with Crippen LogP contribution in [0.4, 0.5) is 10.1 Å². The molecule has 0 spiro atoms. The minimum Gasteiger partial charge on any atom is -0.284 e. The van der Waals surface area contributed by atoms with Gasteiger partial charge in [0.2, 0.25) is 10.0 Å². The molecule has 6 nitrogen and oxygen atoms in total. The van der Waals surface area contributed by atoms with Crippen LogP contribution in [0.2, 0.25) is 0 Å². The lowest BCUT2D eigenvalue weighted by Crippen LogP contribution is -2.16. The van der Waals surface area contributed by atoms with Gasteiger partial charge in [-0.3, -0.25) is 9.82 Å². The predicted molar refractivity (Wildman–Crippen MR) is 112 cm³/mol. The molecule has 0 aliphatic heterocycles. The summed E-state index contributed by atoms with van der Waals surface area (Å²) < 4.78 is 41.7. The number of nitrogens with one attached hydrogen (secondary N) is 2. The van der Waals surface area contributed by atoms with Gasteiger partial charge in [0.25, 0.3) is 0 Å². The minimum absolute atomic E-state index is 0.0108. The number of halogens is 2.